The van der Waals surface area contributed by atoms with Gasteiger partial charge in [-0.2, -0.15) is 0 Å². The van der Waals surface area contributed by atoms with Crippen LogP contribution in [0.3, 0.4) is 0 Å². The zero-order valence-electron chi connectivity index (χ0n) is 14.5. The van der Waals surface area contributed by atoms with Crippen molar-refractivity contribution >= 4 is 22.6 Å². The molecule has 8 heteroatoms. The number of nitrogens with one attached hydrogen (secondary N) is 1. The molecule has 3 aromatic rings. The van der Waals surface area contributed by atoms with Gasteiger partial charge in [0.25, 0.3) is 11.5 Å². The lowest BCUT2D eigenvalue weighted by Crippen LogP contribution is -2.38. The predicted molar refractivity (Wildman–Crippen MR) is 96.0 cm³/mol. The lowest BCUT2D eigenvalue weighted by atomic mass is 10.1. The number of hydrogen-bond donors (Lipinski definition) is 1. The summed E-state index contributed by atoms with van der Waals surface area (Å²) >= 11 is 0. The fraction of sp³-hybridized carbons (Fsp3) is 0.222. The van der Waals surface area contributed by atoms with E-state index in [9.17, 15) is 18.8 Å². The third kappa shape index (κ3) is 2.79. The highest BCUT2D eigenvalue weighted by atomic mass is 19.1. The summed E-state index contributed by atoms with van der Waals surface area (Å²) in [6, 6.07) is 5.25. The van der Waals surface area contributed by atoms with E-state index in [-0.39, 0.29) is 22.3 Å². The monoisotopic (exact) mass is 356 g/mol. The van der Waals surface area contributed by atoms with Crippen LogP contribution in [0.25, 0.3) is 11.0 Å². The number of aryl methyl sites for hydroxylation is 2. The molecule has 1 N–H and O–H groups in total. The standard InChI is InChI=1S/C18H17FN4O3/c1-4-10-9-20-15-13(17(25)23(3)18(26)22(15)2)14(10)21-16(24)11-6-5-7-12(19)8-11/h5-9H,4H2,1-3H3,(H,20,21,24). The van der Waals surface area contributed by atoms with Crippen molar-refractivity contribution in [2.24, 2.45) is 14.1 Å². The van der Waals surface area contributed by atoms with Gasteiger partial charge in [-0.25, -0.2) is 14.2 Å². The molecular formula is C18H17FN4O3. The topological polar surface area (TPSA) is 86.0 Å². The van der Waals surface area contributed by atoms with Gasteiger partial charge in [-0.3, -0.25) is 18.7 Å². The predicted octanol–water partition coefficient (Wildman–Crippen LogP) is 1.59. The van der Waals surface area contributed by atoms with Gasteiger partial charge in [0.1, 0.15) is 11.2 Å². The summed E-state index contributed by atoms with van der Waals surface area (Å²) in [5.74, 6) is -1.09. The smallest absolute Gasteiger partial charge is 0.321 e. The second-order valence-electron chi connectivity index (χ2n) is 5.88. The Hall–Kier alpha value is -3.29. The van der Waals surface area contributed by atoms with Crippen LogP contribution >= 0.6 is 0 Å². The third-order valence-corrected chi connectivity index (χ3v) is 4.25. The number of nitrogens with zero attached hydrogens (tertiary/aromatic N) is 3. The normalized spacial score (nSPS) is 10.9. The second kappa shape index (κ2) is 6.55. The molecule has 1 amide bonds. The van der Waals surface area contributed by atoms with Crippen LogP contribution in [0.5, 0.6) is 0 Å². The van der Waals surface area contributed by atoms with E-state index in [0.717, 1.165) is 10.6 Å². The van der Waals surface area contributed by atoms with Crippen molar-refractivity contribution in [1.29, 1.82) is 0 Å². The van der Waals surface area contributed by atoms with Crippen molar-refractivity contribution < 1.29 is 9.18 Å². The number of amides is 1. The largest absolute Gasteiger partial charge is 0.332 e. The Kier molecular flexibility index (Phi) is 4.41. The summed E-state index contributed by atoms with van der Waals surface area (Å²) in [5, 5.41) is 2.83. The highest BCUT2D eigenvalue weighted by Crippen LogP contribution is 2.23. The molecule has 0 spiro atoms. The minimum Gasteiger partial charge on any atom is -0.321 e. The number of carbonyl (C=O) groups excluding carboxylic acids is 1. The van der Waals surface area contributed by atoms with Crippen LogP contribution in [-0.4, -0.2) is 20.0 Å². The van der Waals surface area contributed by atoms with Gasteiger partial charge in [0.15, 0.2) is 5.65 Å². The minimum absolute atomic E-state index is 0.124. The van der Waals surface area contributed by atoms with Crippen LogP contribution in [0, 0.1) is 5.82 Å². The summed E-state index contributed by atoms with van der Waals surface area (Å²) in [6.07, 6.45) is 2.02. The highest BCUT2D eigenvalue weighted by Gasteiger charge is 2.19. The van der Waals surface area contributed by atoms with Crippen molar-refractivity contribution in [1.82, 2.24) is 14.1 Å². The SMILES string of the molecule is CCc1cnc2c(c1NC(=O)c1cccc(F)c1)c(=O)n(C)c(=O)n2C. The van der Waals surface area contributed by atoms with E-state index in [2.05, 4.69) is 10.3 Å². The maximum absolute atomic E-state index is 13.4. The zero-order chi connectivity index (χ0) is 19.0. The van der Waals surface area contributed by atoms with Crippen molar-refractivity contribution in [3.05, 3.63) is 68.2 Å². The number of halogens is 1. The molecule has 0 radical (unpaired) electrons. The minimum atomic E-state index is -0.555. The Morgan fingerprint density at radius 1 is 1.23 bits per heavy atom. The Bertz CT molecular complexity index is 1150. The van der Waals surface area contributed by atoms with Gasteiger partial charge in [-0.05, 0) is 30.2 Å². The molecule has 3 rings (SSSR count). The van der Waals surface area contributed by atoms with Crippen LogP contribution < -0.4 is 16.6 Å². The van der Waals surface area contributed by atoms with Gasteiger partial charge in [-0.1, -0.05) is 13.0 Å². The number of rotatable bonds is 3. The van der Waals surface area contributed by atoms with E-state index in [1.165, 1.54) is 43.1 Å². The molecule has 0 atom stereocenters. The average molecular weight is 356 g/mol. The van der Waals surface area contributed by atoms with Gasteiger partial charge < -0.3 is 5.32 Å². The molecule has 0 saturated heterocycles. The molecule has 0 aliphatic carbocycles. The molecule has 2 aromatic heterocycles. The summed E-state index contributed by atoms with van der Waals surface area (Å²) < 4.78 is 15.6. The first kappa shape index (κ1) is 17.5. The van der Waals surface area contributed by atoms with Crippen molar-refractivity contribution in [2.45, 2.75) is 13.3 Å². The number of hydrogen-bond acceptors (Lipinski definition) is 4. The summed E-state index contributed by atoms with van der Waals surface area (Å²) in [7, 11) is 2.86. The molecular weight excluding hydrogens is 339 g/mol. The van der Waals surface area contributed by atoms with Gasteiger partial charge in [-0.15, -0.1) is 0 Å². The van der Waals surface area contributed by atoms with E-state index in [1.54, 1.807) is 0 Å². The van der Waals surface area contributed by atoms with Crippen LogP contribution in [0.15, 0.2) is 40.1 Å². The van der Waals surface area contributed by atoms with Crippen LogP contribution in [0.2, 0.25) is 0 Å². The fourth-order valence-electron chi connectivity index (χ4n) is 2.79. The number of pyridine rings is 1. The van der Waals surface area contributed by atoms with Gasteiger partial charge in [0.2, 0.25) is 0 Å². The molecule has 0 aliphatic heterocycles. The first-order valence-corrected chi connectivity index (χ1v) is 7.99. The van der Waals surface area contributed by atoms with E-state index >= 15 is 0 Å². The summed E-state index contributed by atoms with van der Waals surface area (Å²) in [4.78, 5) is 41.5. The fourth-order valence-corrected chi connectivity index (χ4v) is 2.79. The second-order valence-corrected chi connectivity index (χ2v) is 5.88. The molecule has 0 aliphatic rings. The Labute approximate surface area is 147 Å². The van der Waals surface area contributed by atoms with E-state index in [1.807, 2.05) is 6.92 Å². The summed E-state index contributed by atoms with van der Waals surface area (Å²) in [5.41, 5.74) is 0.145. The van der Waals surface area contributed by atoms with Crippen LogP contribution in [0.1, 0.15) is 22.8 Å². The first-order chi connectivity index (χ1) is 12.3. The van der Waals surface area contributed by atoms with E-state index in [0.29, 0.717) is 12.0 Å². The Morgan fingerprint density at radius 2 is 1.96 bits per heavy atom. The Morgan fingerprint density at radius 3 is 2.62 bits per heavy atom. The first-order valence-electron chi connectivity index (χ1n) is 7.99. The number of fused-ring (bicyclic) bond motifs is 1. The molecule has 0 saturated carbocycles. The molecule has 7 nitrogen and oxygen atoms in total. The van der Waals surface area contributed by atoms with Crippen molar-refractivity contribution in [3.8, 4) is 0 Å². The quantitative estimate of drug-likeness (QED) is 0.772. The van der Waals surface area contributed by atoms with Crippen LogP contribution in [0.4, 0.5) is 10.1 Å². The number of benzene rings is 1. The maximum atomic E-state index is 13.4. The third-order valence-electron chi connectivity index (χ3n) is 4.25. The van der Waals surface area contributed by atoms with Gasteiger partial charge in [0.05, 0.1) is 5.69 Å². The number of anilines is 1. The zero-order valence-corrected chi connectivity index (χ0v) is 14.5. The molecule has 1 aromatic carbocycles. The number of aromatic nitrogens is 3. The molecule has 0 unspecified atom stereocenters. The van der Waals surface area contributed by atoms with Crippen LogP contribution in [-0.2, 0) is 20.5 Å². The molecule has 2 heterocycles. The van der Waals surface area contributed by atoms with Gasteiger partial charge >= 0.3 is 5.69 Å². The molecule has 134 valence electrons. The molecule has 0 bridgehead atoms. The lowest BCUT2D eigenvalue weighted by molar-refractivity contribution is 0.102. The highest BCUT2D eigenvalue weighted by molar-refractivity contribution is 6.08. The van der Waals surface area contributed by atoms with E-state index in [4.69, 9.17) is 0 Å². The maximum Gasteiger partial charge on any atom is 0.332 e. The number of carbonyl (C=O) groups is 1. The average Bonchev–Trinajstić information content (AvgIpc) is 2.64. The molecule has 26 heavy (non-hydrogen) atoms. The lowest BCUT2D eigenvalue weighted by Gasteiger charge is -2.15. The summed E-state index contributed by atoms with van der Waals surface area (Å²) in [6.45, 7) is 1.85. The Balaban J connectivity index is 2.26. The van der Waals surface area contributed by atoms with Crippen molar-refractivity contribution in [2.75, 3.05) is 5.32 Å². The van der Waals surface area contributed by atoms with Gasteiger partial charge in [0, 0.05) is 25.9 Å². The van der Waals surface area contributed by atoms with E-state index < -0.39 is 23.0 Å². The molecule has 0 fully saturated rings. The van der Waals surface area contributed by atoms with Crippen molar-refractivity contribution in [3.63, 3.8) is 0 Å².